The normalized spacial score (nSPS) is 12.1. The van der Waals surface area contributed by atoms with Crippen LogP contribution in [0.25, 0.3) is 0 Å². The van der Waals surface area contributed by atoms with E-state index in [4.69, 9.17) is 5.26 Å². The van der Waals surface area contributed by atoms with Crippen molar-refractivity contribution in [3.8, 4) is 6.07 Å². The lowest BCUT2D eigenvalue weighted by molar-refractivity contribution is 0.577. The summed E-state index contributed by atoms with van der Waals surface area (Å²) in [6, 6.07) is 12.4. The molecule has 0 saturated heterocycles. The summed E-state index contributed by atoms with van der Waals surface area (Å²) in [5.74, 6) is 0. The van der Waals surface area contributed by atoms with E-state index in [-0.39, 0.29) is 0 Å². The first kappa shape index (κ1) is 13.8. The van der Waals surface area contributed by atoms with Crippen LogP contribution in [-0.4, -0.2) is 0 Å². The van der Waals surface area contributed by atoms with Gasteiger partial charge < -0.3 is 5.32 Å². The van der Waals surface area contributed by atoms with Crippen molar-refractivity contribution in [2.24, 2.45) is 0 Å². The highest BCUT2D eigenvalue weighted by molar-refractivity contribution is 7.10. The van der Waals surface area contributed by atoms with Crippen molar-refractivity contribution >= 4 is 11.3 Å². The predicted octanol–water partition coefficient (Wildman–Crippen LogP) is 4.03. The molecule has 1 aromatic carbocycles. The Morgan fingerprint density at radius 1 is 1.26 bits per heavy atom. The lowest BCUT2D eigenvalue weighted by atomic mass is 10.1. The van der Waals surface area contributed by atoms with Gasteiger partial charge in [0, 0.05) is 17.5 Å². The van der Waals surface area contributed by atoms with Gasteiger partial charge >= 0.3 is 0 Å². The Kier molecular flexibility index (Phi) is 4.73. The number of benzene rings is 1. The van der Waals surface area contributed by atoms with Gasteiger partial charge in [0.05, 0.1) is 11.6 Å². The van der Waals surface area contributed by atoms with E-state index in [1.807, 2.05) is 35.6 Å². The van der Waals surface area contributed by atoms with Gasteiger partial charge in [0.1, 0.15) is 0 Å². The molecule has 1 aromatic heterocycles. The predicted molar refractivity (Wildman–Crippen MR) is 80.1 cm³/mol. The molecule has 98 valence electrons. The summed E-state index contributed by atoms with van der Waals surface area (Å²) in [7, 11) is 0. The smallest absolute Gasteiger partial charge is 0.0991 e. The van der Waals surface area contributed by atoms with Crippen LogP contribution in [0.3, 0.4) is 0 Å². The summed E-state index contributed by atoms with van der Waals surface area (Å²) in [5.41, 5.74) is 3.36. The molecule has 0 radical (unpaired) electrons. The zero-order valence-corrected chi connectivity index (χ0v) is 12.1. The molecular weight excluding hydrogens is 252 g/mol. The minimum absolute atomic E-state index is 0.291. The molecule has 19 heavy (non-hydrogen) atoms. The van der Waals surface area contributed by atoms with Gasteiger partial charge in [-0.25, -0.2) is 0 Å². The molecule has 1 atom stereocenters. The summed E-state index contributed by atoms with van der Waals surface area (Å²) >= 11 is 1.81. The number of aryl methyl sites for hydroxylation is 1. The lowest BCUT2D eigenvalue weighted by Gasteiger charge is -2.14. The molecule has 3 heteroatoms. The average Bonchev–Trinajstić information content (AvgIpc) is 2.92. The van der Waals surface area contributed by atoms with Gasteiger partial charge in [-0.1, -0.05) is 19.1 Å². The van der Waals surface area contributed by atoms with Gasteiger partial charge in [-0.3, -0.25) is 0 Å². The molecule has 0 saturated carbocycles. The van der Waals surface area contributed by atoms with Gasteiger partial charge in [-0.15, -0.1) is 11.3 Å². The van der Waals surface area contributed by atoms with Gasteiger partial charge in [0.25, 0.3) is 0 Å². The van der Waals surface area contributed by atoms with Crippen LogP contribution in [0.1, 0.15) is 41.5 Å². The molecule has 0 amide bonds. The maximum atomic E-state index is 8.79. The van der Waals surface area contributed by atoms with Crippen LogP contribution in [-0.2, 0) is 13.0 Å². The third-order valence-electron chi connectivity index (χ3n) is 3.33. The van der Waals surface area contributed by atoms with Gasteiger partial charge in [0.15, 0.2) is 0 Å². The van der Waals surface area contributed by atoms with Crippen LogP contribution in [0.15, 0.2) is 35.7 Å². The minimum Gasteiger partial charge on any atom is -0.305 e. The SMILES string of the molecule is CCc1ccsc1CNC(C)c1ccc(C#N)cc1. The molecule has 2 nitrogen and oxygen atoms in total. The molecule has 2 rings (SSSR count). The molecule has 0 aliphatic carbocycles. The van der Waals surface area contributed by atoms with Gasteiger partial charge in [-0.05, 0) is 48.1 Å². The van der Waals surface area contributed by atoms with Crippen molar-refractivity contribution in [1.82, 2.24) is 5.32 Å². The Bertz CT molecular complexity index is 563. The Labute approximate surface area is 118 Å². The number of rotatable bonds is 5. The van der Waals surface area contributed by atoms with Crippen LogP contribution >= 0.6 is 11.3 Å². The third-order valence-corrected chi connectivity index (χ3v) is 4.29. The van der Waals surface area contributed by atoms with E-state index < -0.39 is 0 Å². The number of nitrogens with zero attached hydrogens (tertiary/aromatic N) is 1. The second-order valence-electron chi connectivity index (χ2n) is 4.56. The molecule has 0 aliphatic rings. The number of nitriles is 1. The molecule has 0 spiro atoms. The highest BCUT2D eigenvalue weighted by atomic mass is 32.1. The Morgan fingerprint density at radius 2 is 2.00 bits per heavy atom. The van der Waals surface area contributed by atoms with E-state index in [2.05, 4.69) is 36.7 Å². The molecule has 0 aliphatic heterocycles. The third kappa shape index (κ3) is 3.44. The first-order valence-electron chi connectivity index (χ1n) is 6.53. The highest BCUT2D eigenvalue weighted by Gasteiger charge is 2.07. The average molecular weight is 270 g/mol. The Hall–Kier alpha value is -1.63. The van der Waals surface area contributed by atoms with Gasteiger partial charge in [0.2, 0.25) is 0 Å². The summed E-state index contributed by atoms with van der Waals surface area (Å²) in [4.78, 5) is 1.42. The Morgan fingerprint density at radius 3 is 2.63 bits per heavy atom. The van der Waals surface area contributed by atoms with Crippen molar-refractivity contribution in [1.29, 1.82) is 5.26 Å². The van der Waals surface area contributed by atoms with Crippen LogP contribution in [0, 0.1) is 11.3 Å². The maximum absolute atomic E-state index is 8.79. The standard InChI is InChI=1S/C16H18N2S/c1-3-14-8-9-19-16(14)11-18-12(2)15-6-4-13(10-17)5-7-15/h4-9,12,18H,3,11H2,1-2H3. The van der Waals surface area contributed by atoms with Crippen molar-refractivity contribution in [3.05, 3.63) is 57.3 Å². The van der Waals surface area contributed by atoms with E-state index in [0.717, 1.165) is 13.0 Å². The highest BCUT2D eigenvalue weighted by Crippen LogP contribution is 2.19. The molecule has 1 N–H and O–H groups in total. The van der Waals surface area contributed by atoms with E-state index in [1.54, 1.807) is 0 Å². The number of nitrogens with one attached hydrogen (secondary N) is 1. The topological polar surface area (TPSA) is 35.8 Å². The molecule has 1 heterocycles. The lowest BCUT2D eigenvalue weighted by Crippen LogP contribution is -2.18. The zero-order chi connectivity index (χ0) is 13.7. The van der Waals surface area contributed by atoms with Crippen LogP contribution in [0.2, 0.25) is 0 Å². The van der Waals surface area contributed by atoms with E-state index in [1.165, 1.54) is 16.0 Å². The number of thiophene rings is 1. The largest absolute Gasteiger partial charge is 0.305 e. The number of hydrogen-bond donors (Lipinski definition) is 1. The van der Waals surface area contributed by atoms with Crippen molar-refractivity contribution in [2.45, 2.75) is 32.9 Å². The molecule has 0 bridgehead atoms. The second-order valence-corrected chi connectivity index (χ2v) is 5.56. The zero-order valence-electron chi connectivity index (χ0n) is 11.3. The van der Waals surface area contributed by atoms with Crippen LogP contribution in [0.5, 0.6) is 0 Å². The van der Waals surface area contributed by atoms with E-state index >= 15 is 0 Å². The number of hydrogen-bond acceptors (Lipinski definition) is 3. The summed E-state index contributed by atoms with van der Waals surface area (Å²) in [5, 5.41) is 14.5. The summed E-state index contributed by atoms with van der Waals surface area (Å²) < 4.78 is 0. The van der Waals surface area contributed by atoms with Crippen molar-refractivity contribution in [3.63, 3.8) is 0 Å². The van der Waals surface area contributed by atoms with Crippen LogP contribution < -0.4 is 5.32 Å². The molecule has 1 unspecified atom stereocenters. The fourth-order valence-corrected chi connectivity index (χ4v) is 2.97. The monoisotopic (exact) mass is 270 g/mol. The fraction of sp³-hybridized carbons (Fsp3) is 0.312. The van der Waals surface area contributed by atoms with E-state index in [9.17, 15) is 0 Å². The fourth-order valence-electron chi connectivity index (χ4n) is 2.05. The van der Waals surface area contributed by atoms with Crippen LogP contribution in [0.4, 0.5) is 0 Å². The molecular formula is C16H18N2S. The van der Waals surface area contributed by atoms with Gasteiger partial charge in [-0.2, -0.15) is 5.26 Å². The maximum Gasteiger partial charge on any atom is 0.0991 e. The quantitative estimate of drug-likeness (QED) is 0.890. The summed E-state index contributed by atoms with van der Waals surface area (Å²) in [6.07, 6.45) is 1.09. The van der Waals surface area contributed by atoms with Crippen molar-refractivity contribution in [2.75, 3.05) is 0 Å². The first-order valence-corrected chi connectivity index (χ1v) is 7.41. The van der Waals surface area contributed by atoms with E-state index in [0.29, 0.717) is 11.6 Å². The summed E-state index contributed by atoms with van der Waals surface area (Å²) in [6.45, 7) is 5.25. The minimum atomic E-state index is 0.291. The first-order chi connectivity index (χ1) is 9.24. The molecule has 2 aromatic rings. The molecule has 0 fully saturated rings. The second kappa shape index (κ2) is 6.51. The Balaban J connectivity index is 1.97. The van der Waals surface area contributed by atoms with Crippen molar-refractivity contribution < 1.29 is 0 Å².